The zero-order valence-electron chi connectivity index (χ0n) is 11.8. The summed E-state index contributed by atoms with van der Waals surface area (Å²) in [5.74, 6) is -0.149. The average Bonchev–Trinajstić information content (AvgIpc) is 2.36. The van der Waals surface area contributed by atoms with Gasteiger partial charge in [0, 0.05) is 6.04 Å². The van der Waals surface area contributed by atoms with Crippen LogP contribution < -0.4 is 5.32 Å². The maximum atomic E-state index is 11.8. The molecule has 1 aromatic carbocycles. The standard InChI is InChI=1S/C15H23NO3/c1-11(9-12(2)17)16-15(18)13(3)19-10-14-7-5-4-6-8-14/h4-8,11-13,17H,9-10H2,1-3H3,(H,16,18). The molecule has 0 saturated heterocycles. The molecule has 3 unspecified atom stereocenters. The Labute approximate surface area is 114 Å². The number of carbonyl (C=O) groups is 1. The van der Waals surface area contributed by atoms with Crippen molar-refractivity contribution in [2.24, 2.45) is 0 Å². The van der Waals surface area contributed by atoms with Crippen LogP contribution in [0.15, 0.2) is 30.3 Å². The van der Waals surface area contributed by atoms with Crippen molar-refractivity contribution in [3.05, 3.63) is 35.9 Å². The van der Waals surface area contributed by atoms with Gasteiger partial charge in [0.1, 0.15) is 6.10 Å². The zero-order valence-corrected chi connectivity index (χ0v) is 11.8. The van der Waals surface area contributed by atoms with Crippen molar-refractivity contribution in [1.82, 2.24) is 5.32 Å². The van der Waals surface area contributed by atoms with Crippen LogP contribution >= 0.6 is 0 Å². The minimum absolute atomic E-state index is 0.0599. The first-order valence-electron chi connectivity index (χ1n) is 6.63. The summed E-state index contributed by atoms with van der Waals surface area (Å²) in [7, 11) is 0. The lowest BCUT2D eigenvalue weighted by molar-refractivity contribution is -0.133. The largest absolute Gasteiger partial charge is 0.393 e. The summed E-state index contributed by atoms with van der Waals surface area (Å²) in [6.07, 6.45) is -0.385. The van der Waals surface area contributed by atoms with Crippen molar-refractivity contribution in [2.75, 3.05) is 0 Å². The lowest BCUT2D eigenvalue weighted by Gasteiger charge is -2.19. The second kappa shape index (κ2) is 7.92. The molecule has 2 N–H and O–H groups in total. The van der Waals surface area contributed by atoms with Gasteiger partial charge in [-0.2, -0.15) is 0 Å². The molecule has 19 heavy (non-hydrogen) atoms. The number of hydrogen-bond acceptors (Lipinski definition) is 3. The second-order valence-electron chi connectivity index (χ2n) is 4.93. The normalized spacial score (nSPS) is 15.6. The van der Waals surface area contributed by atoms with Crippen LogP contribution in [0.5, 0.6) is 0 Å². The molecule has 0 aliphatic carbocycles. The maximum absolute atomic E-state index is 11.8. The summed E-state index contributed by atoms with van der Waals surface area (Å²) in [4.78, 5) is 11.8. The Hall–Kier alpha value is -1.39. The molecule has 1 amide bonds. The highest BCUT2D eigenvalue weighted by Gasteiger charge is 2.16. The third kappa shape index (κ3) is 6.36. The van der Waals surface area contributed by atoms with Crippen LogP contribution in [-0.4, -0.2) is 29.3 Å². The molecule has 0 radical (unpaired) electrons. The van der Waals surface area contributed by atoms with Crippen molar-refractivity contribution in [3.8, 4) is 0 Å². The first-order chi connectivity index (χ1) is 8.99. The SMILES string of the molecule is CC(O)CC(C)NC(=O)C(C)OCc1ccccc1. The second-order valence-corrected chi connectivity index (χ2v) is 4.93. The minimum Gasteiger partial charge on any atom is -0.393 e. The number of nitrogens with one attached hydrogen (secondary N) is 1. The van der Waals surface area contributed by atoms with E-state index in [1.54, 1.807) is 13.8 Å². The van der Waals surface area contributed by atoms with Gasteiger partial charge < -0.3 is 15.2 Å². The summed E-state index contributed by atoms with van der Waals surface area (Å²) >= 11 is 0. The van der Waals surface area contributed by atoms with E-state index in [1.165, 1.54) is 0 Å². The third-order valence-electron chi connectivity index (χ3n) is 2.80. The van der Waals surface area contributed by atoms with Gasteiger partial charge in [-0.25, -0.2) is 0 Å². The molecule has 0 aliphatic rings. The average molecular weight is 265 g/mol. The molecule has 0 bridgehead atoms. The fraction of sp³-hybridized carbons (Fsp3) is 0.533. The van der Waals surface area contributed by atoms with Crippen LogP contribution in [-0.2, 0) is 16.1 Å². The Morgan fingerprint density at radius 1 is 1.26 bits per heavy atom. The molecular formula is C15H23NO3. The van der Waals surface area contributed by atoms with E-state index in [2.05, 4.69) is 5.32 Å². The van der Waals surface area contributed by atoms with Gasteiger partial charge in [0.05, 0.1) is 12.7 Å². The Balaban J connectivity index is 2.32. The van der Waals surface area contributed by atoms with Gasteiger partial charge in [-0.3, -0.25) is 4.79 Å². The van der Waals surface area contributed by atoms with E-state index >= 15 is 0 Å². The van der Waals surface area contributed by atoms with Crippen molar-refractivity contribution in [2.45, 2.75) is 52.0 Å². The Morgan fingerprint density at radius 3 is 2.47 bits per heavy atom. The van der Waals surface area contributed by atoms with Gasteiger partial charge >= 0.3 is 0 Å². The summed E-state index contributed by atoms with van der Waals surface area (Å²) in [5.41, 5.74) is 1.04. The lowest BCUT2D eigenvalue weighted by atomic mass is 10.1. The van der Waals surface area contributed by atoms with E-state index in [0.717, 1.165) is 5.56 Å². The number of hydrogen-bond donors (Lipinski definition) is 2. The number of benzene rings is 1. The zero-order chi connectivity index (χ0) is 14.3. The number of amides is 1. The fourth-order valence-corrected chi connectivity index (χ4v) is 1.80. The predicted octanol–water partition coefficient (Wildman–Crippen LogP) is 1.87. The molecule has 0 fully saturated rings. The molecule has 4 nitrogen and oxygen atoms in total. The van der Waals surface area contributed by atoms with E-state index in [9.17, 15) is 9.90 Å². The van der Waals surface area contributed by atoms with E-state index < -0.39 is 12.2 Å². The van der Waals surface area contributed by atoms with Crippen LogP contribution in [0.4, 0.5) is 0 Å². The topological polar surface area (TPSA) is 58.6 Å². The van der Waals surface area contributed by atoms with Gasteiger partial charge in [-0.05, 0) is 32.8 Å². The van der Waals surface area contributed by atoms with Crippen LogP contribution in [0.3, 0.4) is 0 Å². The van der Waals surface area contributed by atoms with Crippen LogP contribution in [0, 0.1) is 0 Å². The quantitative estimate of drug-likeness (QED) is 0.791. The fourth-order valence-electron chi connectivity index (χ4n) is 1.80. The van der Waals surface area contributed by atoms with E-state index in [1.807, 2.05) is 37.3 Å². The highest BCUT2D eigenvalue weighted by atomic mass is 16.5. The molecule has 0 aromatic heterocycles. The smallest absolute Gasteiger partial charge is 0.249 e. The van der Waals surface area contributed by atoms with E-state index in [-0.39, 0.29) is 11.9 Å². The monoisotopic (exact) mass is 265 g/mol. The number of ether oxygens (including phenoxy) is 1. The molecule has 0 aliphatic heterocycles. The highest BCUT2D eigenvalue weighted by Crippen LogP contribution is 2.04. The van der Waals surface area contributed by atoms with Crippen LogP contribution in [0.2, 0.25) is 0 Å². The number of carbonyl (C=O) groups excluding carboxylic acids is 1. The van der Waals surface area contributed by atoms with Gasteiger partial charge in [0.25, 0.3) is 0 Å². The molecule has 0 spiro atoms. The maximum Gasteiger partial charge on any atom is 0.249 e. The Kier molecular flexibility index (Phi) is 6.53. The lowest BCUT2D eigenvalue weighted by Crippen LogP contribution is -2.41. The van der Waals surface area contributed by atoms with Crippen molar-refractivity contribution >= 4 is 5.91 Å². The first-order valence-corrected chi connectivity index (χ1v) is 6.63. The van der Waals surface area contributed by atoms with Gasteiger partial charge in [-0.15, -0.1) is 0 Å². The molecule has 3 atom stereocenters. The Morgan fingerprint density at radius 2 is 1.89 bits per heavy atom. The van der Waals surface area contributed by atoms with E-state index in [0.29, 0.717) is 13.0 Å². The first kappa shape index (κ1) is 15.7. The number of rotatable bonds is 7. The summed E-state index contributed by atoms with van der Waals surface area (Å²) in [5, 5.41) is 12.1. The highest BCUT2D eigenvalue weighted by molar-refractivity contribution is 5.80. The molecular weight excluding hydrogens is 242 g/mol. The summed E-state index contributed by atoms with van der Waals surface area (Å²) < 4.78 is 5.52. The number of aliphatic hydroxyl groups is 1. The molecule has 4 heteroatoms. The molecule has 1 rings (SSSR count). The number of aliphatic hydroxyl groups excluding tert-OH is 1. The minimum atomic E-state index is -0.503. The van der Waals surface area contributed by atoms with Crippen molar-refractivity contribution in [1.29, 1.82) is 0 Å². The van der Waals surface area contributed by atoms with Crippen LogP contribution in [0.1, 0.15) is 32.8 Å². The Bertz CT molecular complexity index is 378. The third-order valence-corrected chi connectivity index (χ3v) is 2.80. The van der Waals surface area contributed by atoms with E-state index in [4.69, 9.17) is 4.74 Å². The summed E-state index contributed by atoms with van der Waals surface area (Å²) in [6.45, 7) is 5.72. The molecule has 1 aromatic rings. The van der Waals surface area contributed by atoms with Gasteiger partial charge in [0.15, 0.2) is 0 Å². The predicted molar refractivity (Wildman–Crippen MR) is 74.6 cm³/mol. The van der Waals surface area contributed by atoms with Gasteiger partial charge in [-0.1, -0.05) is 30.3 Å². The molecule has 106 valence electrons. The van der Waals surface area contributed by atoms with Crippen molar-refractivity contribution in [3.63, 3.8) is 0 Å². The van der Waals surface area contributed by atoms with Crippen molar-refractivity contribution < 1.29 is 14.6 Å². The van der Waals surface area contributed by atoms with Crippen LogP contribution in [0.25, 0.3) is 0 Å². The molecule has 0 heterocycles. The summed E-state index contributed by atoms with van der Waals surface area (Å²) in [6, 6.07) is 9.68. The molecule has 0 saturated carbocycles. The van der Waals surface area contributed by atoms with Gasteiger partial charge in [0.2, 0.25) is 5.91 Å².